The van der Waals surface area contributed by atoms with Crippen LogP contribution in [0.4, 0.5) is 0 Å². The van der Waals surface area contributed by atoms with Gasteiger partial charge in [-0.05, 0) is 42.0 Å². The molecule has 130 valence electrons. The van der Waals surface area contributed by atoms with Crippen molar-refractivity contribution < 1.29 is 9.53 Å². The Balaban J connectivity index is 1.43. The molecule has 0 spiro atoms. The van der Waals surface area contributed by atoms with E-state index < -0.39 is 0 Å². The van der Waals surface area contributed by atoms with Crippen LogP contribution in [0.5, 0.6) is 0 Å². The summed E-state index contributed by atoms with van der Waals surface area (Å²) >= 11 is 1.68. The molecule has 0 fully saturated rings. The Morgan fingerprint density at radius 2 is 2.32 bits per heavy atom. The highest BCUT2D eigenvalue weighted by Crippen LogP contribution is 2.33. The van der Waals surface area contributed by atoms with Gasteiger partial charge in [-0.3, -0.25) is 4.79 Å². The van der Waals surface area contributed by atoms with Gasteiger partial charge in [-0.15, -0.1) is 11.3 Å². The van der Waals surface area contributed by atoms with Crippen LogP contribution in [0.25, 0.3) is 11.0 Å². The fourth-order valence-corrected chi connectivity index (χ4v) is 4.47. The van der Waals surface area contributed by atoms with E-state index in [1.165, 1.54) is 16.0 Å². The molecule has 4 rings (SSSR count). The quantitative estimate of drug-likeness (QED) is 0.781. The average Bonchev–Trinajstić information content (AvgIpc) is 3.19. The molecule has 5 nitrogen and oxygen atoms in total. The molecule has 1 unspecified atom stereocenters. The van der Waals surface area contributed by atoms with E-state index in [0.29, 0.717) is 19.6 Å². The minimum atomic E-state index is -0.119. The van der Waals surface area contributed by atoms with E-state index in [-0.39, 0.29) is 12.0 Å². The SMILES string of the molecule is Cc1cccc2nc(CNC(=O)CC3OCCc4ccsc43)n(C)c12. The average molecular weight is 355 g/mol. The van der Waals surface area contributed by atoms with Gasteiger partial charge < -0.3 is 14.6 Å². The molecule has 6 heteroatoms. The topological polar surface area (TPSA) is 56.1 Å². The molecule has 1 aliphatic rings. The van der Waals surface area contributed by atoms with Crippen molar-refractivity contribution in [1.82, 2.24) is 14.9 Å². The molecule has 0 bridgehead atoms. The summed E-state index contributed by atoms with van der Waals surface area (Å²) in [6, 6.07) is 8.22. The van der Waals surface area contributed by atoms with E-state index in [4.69, 9.17) is 4.74 Å². The molecular formula is C19H21N3O2S. The minimum Gasteiger partial charge on any atom is -0.372 e. The number of imidazole rings is 1. The van der Waals surface area contributed by atoms with Crippen LogP contribution in [0.1, 0.15) is 34.4 Å². The Bertz CT molecular complexity index is 928. The number of amides is 1. The van der Waals surface area contributed by atoms with Crippen LogP contribution in [0.3, 0.4) is 0 Å². The fraction of sp³-hybridized carbons (Fsp3) is 0.368. The lowest BCUT2D eigenvalue weighted by molar-refractivity contribution is -0.124. The first-order valence-electron chi connectivity index (χ1n) is 8.49. The summed E-state index contributed by atoms with van der Waals surface area (Å²) < 4.78 is 7.86. The van der Waals surface area contributed by atoms with Crippen LogP contribution in [0.15, 0.2) is 29.6 Å². The maximum absolute atomic E-state index is 12.4. The summed E-state index contributed by atoms with van der Waals surface area (Å²) in [4.78, 5) is 18.2. The van der Waals surface area contributed by atoms with Gasteiger partial charge in [0.15, 0.2) is 0 Å². The molecule has 25 heavy (non-hydrogen) atoms. The number of hydrogen-bond acceptors (Lipinski definition) is 4. The number of benzene rings is 1. The summed E-state index contributed by atoms with van der Waals surface area (Å²) in [6.07, 6.45) is 1.18. The summed E-state index contributed by atoms with van der Waals surface area (Å²) in [7, 11) is 1.99. The van der Waals surface area contributed by atoms with Crippen LogP contribution in [0.2, 0.25) is 0 Å². The van der Waals surface area contributed by atoms with Crippen molar-refractivity contribution in [1.29, 1.82) is 0 Å². The van der Waals surface area contributed by atoms with E-state index in [2.05, 4.69) is 39.3 Å². The van der Waals surface area contributed by atoms with Crippen molar-refractivity contribution in [2.75, 3.05) is 6.61 Å². The normalized spacial score (nSPS) is 16.8. The molecule has 3 aromatic rings. The predicted octanol–water partition coefficient (Wildman–Crippen LogP) is 3.26. The molecule has 3 heterocycles. The molecule has 0 radical (unpaired) electrons. The summed E-state index contributed by atoms with van der Waals surface area (Å²) in [5, 5.41) is 5.07. The number of hydrogen-bond donors (Lipinski definition) is 1. The lowest BCUT2D eigenvalue weighted by Crippen LogP contribution is -2.27. The van der Waals surface area contributed by atoms with Crippen molar-refractivity contribution in [3.8, 4) is 0 Å². The summed E-state index contributed by atoms with van der Waals surface area (Å²) in [5.41, 5.74) is 4.59. The maximum atomic E-state index is 12.4. The molecular weight excluding hydrogens is 334 g/mol. The van der Waals surface area contributed by atoms with Gasteiger partial charge in [0.25, 0.3) is 0 Å². The monoisotopic (exact) mass is 355 g/mol. The zero-order valence-electron chi connectivity index (χ0n) is 14.4. The van der Waals surface area contributed by atoms with Gasteiger partial charge in [-0.2, -0.15) is 0 Å². The Morgan fingerprint density at radius 3 is 3.16 bits per heavy atom. The van der Waals surface area contributed by atoms with E-state index in [9.17, 15) is 4.79 Å². The Labute approximate surface area is 150 Å². The highest BCUT2D eigenvalue weighted by atomic mass is 32.1. The van der Waals surface area contributed by atoms with Gasteiger partial charge in [-0.1, -0.05) is 12.1 Å². The molecule has 0 aliphatic carbocycles. The third kappa shape index (κ3) is 3.07. The second-order valence-corrected chi connectivity index (χ2v) is 7.38. The van der Waals surface area contributed by atoms with Gasteiger partial charge in [0.2, 0.25) is 5.91 Å². The fourth-order valence-electron chi connectivity index (χ4n) is 3.46. The molecule has 1 amide bonds. The Kier molecular flexibility index (Phi) is 4.31. The number of carbonyl (C=O) groups is 1. The molecule has 1 N–H and O–H groups in total. The van der Waals surface area contributed by atoms with E-state index in [1.54, 1.807) is 11.3 Å². The Hall–Kier alpha value is -2.18. The number of carbonyl (C=O) groups excluding carboxylic acids is 1. The van der Waals surface area contributed by atoms with Crippen molar-refractivity contribution in [2.45, 2.75) is 32.4 Å². The van der Waals surface area contributed by atoms with Crippen LogP contribution in [-0.4, -0.2) is 22.1 Å². The van der Waals surface area contributed by atoms with Crippen LogP contribution >= 0.6 is 11.3 Å². The van der Waals surface area contributed by atoms with Gasteiger partial charge in [0, 0.05) is 11.9 Å². The first-order chi connectivity index (χ1) is 12.1. The second-order valence-electron chi connectivity index (χ2n) is 6.43. The number of rotatable bonds is 4. The highest BCUT2D eigenvalue weighted by Gasteiger charge is 2.24. The molecule has 2 aromatic heterocycles. The van der Waals surface area contributed by atoms with Gasteiger partial charge in [0.1, 0.15) is 11.9 Å². The number of nitrogens with one attached hydrogen (secondary N) is 1. The maximum Gasteiger partial charge on any atom is 0.223 e. The zero-order chi connectivity index (χ0) is 17.4. The van der Waals surface area contributed by atoms with Crippen molar-refractivity contribution >= 4 is 28.3 Å². The summed E-state index contributed by atoms with van der Waals surface area (Å²) in [6.45, 7) is 3.19. The number of thiophene rings is 1. The van der Waals surface area contributed by atoms with E-state index in [1.807, 2.05) is 19.2 Å². The Morgan fingerprint density at radius 1 is 1.44 bits per heavy atom. The first-order valence-corrected chi connectivity index (χ1v) is 9.37. The van der Waals surface area contributed by atoms with Crippen molar-refractivity contribution in [2.24, 2.45) is 7.05 Å². The molecule has 1 aliphatic heterocycles. The largest absolute Gasteiger partial charge is 0.372 e. The number of ether oxygens (including phenoxy) is 1. The van der Waals surface area contributed by atoms with Crippen LogP contribution < -0.4 is 5.32 Å². The number of nitrogens with zero attached hydrogens (tertiary/aromatic N) is 2. The highest BCUT2D eigenvalue weighted by molar-refractivity contribution is 7.10. The van der Waals surface area contributed by atoms with Crippen LogP contribution in [-0.2, 0) is 29.5 Å². The third-order valence-electron chi connectivity index (χ3n) is 4.77. The minimum absolute atomic E-state index is 0.00460. The van der Waals surface area contributed by atoms with E-state index in [0.717, 1.165) is 23.3 Å². The lowest BCUT2D eigenvalue weighted by Gasteiger charge is -2.22. The van der Waals surface area contributed by atoms with Gasteiger partial charge in [-0.25, -0.2) is 4.98 Å². The zero-order valence-corrected chi connectivity index (χ0v) is 15.2. The summed E-state index contributed by atoms with van der Waals surface area (Å²) in [5.74, 6) is 0.856. The van der Waals surface area contributed by atoms with E-state index >= 15 is 0 Å². The molecule has 1 atom stereocenters. The third-order valence-corrected chi connectivity index (χ3v) is 5.82. The van der Waals surface area contributed by atoms with Gasteiger partial charge in [0.05, 0.1) is 30.6 Å². The van der Waals surface area contributed by atoms with Crippen molar-refractivity contribution in [3.05, 3.63) is 51.5 Å². The number of fused-ring (bicyclic) bond motifs is 2. The smallest absolute Gasteiger partial charge is 0.223 e. The predicted molar refractivity (Wildman–Crippen MR) is 98.6 cm³/mol. The lowest BCUT2D eigenvalue weighted by atomic mass is 10.1. The number of aryl methyl sites for hydroxylation is 2. The number of para-hydroxylation sites is 1. The second kappa shape index (κ2) is 6.61. The molecule has 1 aromatic carbocycles. The molecule has 0 saturated carbocycles. The molecule has 0 saturated heterocycles. The van der Waals surface area contributed by atoms with Crippen LogP contribution in [0, 0.1) is 6.92 Å². The standard InChI is InChI=1S/C19H21N3O2S/c1-12-4-3-5-14-18(12)22(2)16(21-14)11-20-17(23)10-15-19-13(6-8-24-15)7-9-25-19/h3-5,7,9,15H,6,8,10-11H2,1-2H3,(H,20,23). The number of aromatic nitrogens is 2. The first kappa shape index (κ1) is 16.3. The van der Waals surface area contributed by atoms with Crippen molar-refractivity contribution in [3.63, 3.8) is 0 Å². The van der Waals surface area contributed by atoms with Gasteiger partial charge >= 0.3 is 0 Å².